The van der Waals surface area contributed by atoms with Crippen LogP contribution in [0.15, 0.2) is 71.9 Å². The lowest BCUT2D eigenvalue weighted by atomic mass is 10.1. The van der Waals surface area contributed by atoms with E-state index in [1.54, 1.807) is 7.05 Å². The van der Waals surface area contributed by atoms with Gasteiger partial charge in [-0.1, -0.05) is 42.5 Å². The average Bonchev–Trinajstić information content (AvgIpc) is 2.68. The van der Waals surface area contributed by atoms with Crippen LogP contribution in [0.3, 0.4) is 0 Å². The predicted molar refractivity (Wildman–Crippen MR) is 117 cm³/mol. The van der Waals surface area contributed by atoms with Gasteiger partial charge in [0.2, 0.25) is 0 Å². The summed E-state index contributed by atoms with van der Waals surface area (Å²) < 4.78 is 5.67. The van der Waals surface area contributed by atoms with Crippen molar-refractivity contribution in [2.45, 2.75) is 6.54 Å². The lowest BCUT2D eigenvalue weighted by molar-refractivity contribution is 0.322. The summed E-state index contributed by atoms with van der Waals surface area (Å²) in [4.78, 5) is 8.72. The van der Waals surface area contributed by atoms with Crippen molar-refractivity contribution in [2.24, 2.45) is 4.99 Å². The zero-order valence-corrected chi connectivity index (χ0v) is 17.0. The summed E-state index contributed by atoms with van der Waals surface area (Å²) in [7, 11) is 1.76. The Kier molecular flexibility index (Phi) is 8.14. The molecule has 0 bridgehead atoms. The second-order valence-electron chi connectivity index (χ2n) is 5.51. The van der Waals surface area contributed by atoms with E-state index in [2.05, 4.69) is 38.8 Å². The van der Waals surface area contributed by atoms with E-state index >= 15 is 0 Å². The van der Waals surface area contributed by atoms with Gasteiger partial charge in [0.15, 0.2) is 5.96 Å². The van der Waals surface area contributed by atoms with Crippen LogP contribution in [-0.2, 0) is 6.54 Å². The molecule has 0 unspecified atom stereocenters. The Morgan fingerprint density at radius 2 is 1.81 bits per heavy atom. The van der Waals surface area contributed by atoms with E-state index in [-0.39, 0.29) is 24.0 Å². The number of aromatic nitrogens is 1. The molecule has 0 aliphatic rings. The molecule has 0 spiro atoms. The van der Waals surface area contributed by atoms with Crippen molar-refractivity contribution in [3.05, 3.63) is 72.4 Å². The largest absolute Gasteiger partial charge is 0.492 e. The SMILES string of the molecule is CN=C(NCCOc1ccccc1)NCc1cccc2cccnc12.I. The van der Waals surface area contributed by atoms with Crippen LogP contribution in [0.4, 0.5) is 0 Å². The first-order chi connectivity index (χ1) is 12.4. The number of guanidine groups is 1. The molecule has 0 atom stereocenters. The first-order valence-corrected chi connectivity index (χ1v) is 8.32. The maximum atomic E-state index is 5.67. The van der Waals surface area contributed by atoms with E-state index in [1.165, 1.54) is 0 Å². The van der Waals surface area contributed by atoms with E-state index in [1.807, 2.05) is 48.7 Å². The molecule has 0 radical (unpaired) electrons. The third kappa shape index (κ3) is 5.59. The van der Waals surface area contributed by atoms with Crippen molar-refractivity contribution >= 4 is 40.8 Å². The highest BCUT2D eigenvalue weighted by atomic mass is 127. The minimum Gasteiger partial charge on any atom is -0.492 e. The molecule has 2 N–H and O–H groups in total. The minimum absolute atomic E-state index is 0. The summed E-state index contributed by atoms with van der Waals surface area (Å²) in [5.74, 6) is 1.61. The van der Waals surface area contributed by atoms with Gasteiger partial charge in [-0.15, -0.1) is 24.0 Å². The van der Waals surface area contributed by atoms with Gasteiger partial charge < -0.3 is 15.4 Å². The summed E-state index contributed by atoms with van der Waals surface area (Å²) in [6.07, 6.45) is 1.82. The normalized spacial score (nSPS) is 10.9. The number of rotatable bonds is 6. The second-order valence-corrected chi connectivity index (χ2v) is 5.51. The third-order valence-electron chi connectivity index (χ3n) is 3.79. The van der Waals surface area contributed by atoms with Gasteiger partial charge in [0.1, 0.15) is 12.4 Å². The third-order valence-corrected chi connectivity index (χ3v) is 3.79. The van der Waals surface area contributed by atoms with Gasteiger partial charge >= 0.3 is 0 Å². The number of fused-ring (bicyclic) bond motifs is 1. The van der Waals surface area contributed by atoms with Crippen molar-refractivity contribution in [1.29, 1.82) is 0 Å². The van der Waals surface area contributed by atoms with Gasteiger partial charge in [0.05, 0.1) is 12.1 Å². The Hall–Kier alpha value is -2.35. The number of ether oxygens (including phenoxy) is 1. The molecule has 0 aliphatic heterocycles. The summed E-state index contributed by atoms with van der Waals surface area (Å²) >= 11 is 0. The molecule has 2 aromatic carbocycles. The zero-order chi connectivity index (χ0) is 17.3. The maximum Gasteiger partial charge on any atom is 0.191 e. The number of pyridine rings is 1. The van der Waals surface area contributed by atoms with Crippen LogP contribution in [0.2, 0.25) is 0 Å². The van der Waals surface area contributed by atoms with Crippen LogP contribution < -0.4 is 15.4 Å². The highest BCUT2D eigenvalue weighted by Crippen LogP contribution is 2.15. The molecule has 3 rings (SSSR count). The van der Waals surface area contributed by atoms with Gasteiger partial charge in [-0.05, 0) is 23.8 Å². The van der Waals surface area contributed by atoms with Crippen LogP contribution >= 0.6 is 24.0 Å². The Morgan fingerprint density at radius 3 is 2.62 bits per heavy atom. The fourth-order valence-electron chi connectivity index (χ4n) is 2.56. The van der Waals surface area contributed by atoms with E-state index < -0.39 is 0 Å². The molecular weight excluding hydrogens is 439 g/mol. The van der Waals surface area contributed by atoms with Crippen molar-refractivity contribution in [1.82, 2.24) is 15.6 Å². The molecule has 6 heteroatoms. The van der Waals surface area contributed by atoms with Crippen molar-refractivity contribution in [3.8, 4) is 5.75 Å². The predicted octanol–water partition coefficient (Wildman–Crippen LogP) is 3.60. The monoisotopic (exact) mass is 462 g/mol. The molecule has 0 fully saturated rings. The van der Waals surface area contributed by atoms with Gasteiger partial charge in [0.25, 0.3) is 0 Å². The average molecular weight is 462 g/mol. The van der Waals surface area contributed by atoms with E-state index in [4.69, 9.17) is 4.74 Å². The molecule has 5 nitrogen and oxygen atoms in total. The molecule has 136 valence electrons. The molecule has 0 saturated carbocycles. The van der Waals surface area contributed by atoms with Gasteiger partial charge in [0, 0.05) is 25.2 Å². The fourth-order valence-corrected chi connectivity index (χ4v) is 2.56. The Labute approximate surface area is 170 Å². The van der Waals surface area contributed by atoms with Crippen LogP contribution in [0.25, 0.3) is 10.9 Å². The first kappa shape index (κ1) is 20.0. The lowest BCUT2D eigenvalue weighted by Gasteiger charge is -2.13. The number of hydrogen-bond acceptors (Lipinski definition) is 3. The number of benzene rings is 2. The first-order valence-electron chi connectivity index (χ1n) is 8.32. The molecule has 1 aromatic heterocycles. The fraction of sp³-hybridized carbons (Fsp3) is 0.200. The highest BCUT2D eigenvalue weighted by Gasteiger charge is 2.03. The molecule has 0 amide bonds. The van der Waals surface area contributed by atoms with Crippen LogP contribution in [-0.4, -0.2) is 31.1 Å². The minimum atomic E-state index is 0. The molecule has 0 saturated heterocycles. The molecular formula is C20H23IN4O. The topological polar surface area (TPSA) is 58.5 Å². The van der Waals surface area contributed by atoms with Crippen LogP contribution in [0.5, 0.6) is 5.75 Å². The van der Waals surface area contributed by atoms with Gasteiger partial charge in [-0.25, -0.2) is 0 Å². The van der Waals surface area contributed by atoms with Gasteiger partial charge in [-0.3, -0.25) is 9.98 Å². The van der Waals surface area contributed by atoms with E-state index in [0.29, 0.717) is 19.7 Å². The number of halogens is 1. The lowest BCUT2D eigenvalue weighted by Crippen LogP contribution is -2.38. The van der Waals surface area contributed by atoms with Crippen molar-refractivity contribution < 1.29 is 4.74 Å². The summed E-state index contributed by atoms with van der Waals surface area (Å²) in [5, 5.41) is 7.71. The number of aliphatic imine (C=N–C) groups is 1. The zero-order valence-electron chi connectivity index (χ0n) is 14.7. The second kappa shape index (κ2) is 10.6. The smallest absolute Gasteiger partial charge is 0.191 e. The molecule has 0 aliphatic carbocycles. The van der Waals surface area contributed by atoms with Crippen molar-refractivity contribution in [3.63, 3.8) is 0 Å². The Bertz CT molecular complexity index is 834. The summed E-state index contributed by atoms with van der Waals surface area (Å²) in [6, 6.07) is 20.0. The quantitative estimate of drug-likeness (QED) is 0.255. The summed E-state index contributed by atoms with van der Waals surface area (Å²) in [5.41, 5.74) is 2.15. The number of nitrogens with one attached hydrogen (secondary N) is 2. The number of para-hydroxylation sites is 2. The van der Waals surface area contributed by atoms with E-state index in [9.17, 15) is 0 Å². The van der Waals surface area contributed by atoms with E-state index in [0.717, 1.165) is 28.2 Å². The molecule has 26 heavy (non-hydrogen) atoms. The Morgan fingerprint density at radius 1 is 1.00 bits per heavy atom. The molecule has 1 heterocycles. The summed E-state index contributed by atoms with van der Waals surface area (Å²) in [6.45, 7) is 1.90. The maximum absolute atomic E-state index is 5.67. The molecule has 3 aromatic rings. The van der Waals surface area contributed by atoms with Crippen LogP contribution in [0, 0.1) is 0 Å². The highest BCUT2D eigenvalue weighted by molar-refractivity contribution is 14.0. The number of nitrogens with zero attached hydrogens (tertiary/aromatic N) is 2. The van der Waals surface area contributed by atoms with Crippen molar-refractivity contribution in [2.75, 3.05) is 20.2 Å². The number of hydrogen-bond donors (Lipinski definition) is 2. The standard InChI is InChI=1S/C20H22N4O.HI/c1-21-20(23-13-14-25-18-10-3-2-4-11-18)24-15-17-8-5-7-16-9-6-12-22-19(16)17;/h2-12H,13-15H2,1H3,(H2,21,23,24);1H. The Balaban J connectivity index is 0.00000243. The van der Waals surface area contributed by atoms with Crippen LogP contribution in [0.1, 0.15) is 5.56 Å². The van der Waals surface area contributed by atoms with Gasteiger partial charge in [-0.2, -0.15) is 0 Å².